The average molecular weight is 274 g/mol. The van der Waals surface area contributed by atoms with Gasteiger partial charge in [-0.2, -0.15) is 0 Å². The Morgan fingerprint density at radius 3 is 2.68 bits per heavy atom. The average Bonchev–Trinajstić information content (AvgIpc) is 2.69. The van der Waals surface area contributed by atoms with E-state index in [9.17, 15) is 4.79 Å². The smallest absolute Gasteiger partial charge is 0.251 e. The molecule has 3 nitrogen and oxygen atoms in total. The van der Waals surface area contributed by atoms with Gasteiger partial charge in [0, 0.05) is 21.0 Å². The molecule has 0 saturated carbocycles. The number of nitrogens with two attached hydrogens (primary N) is 1. The molecule has 0 saturated heterocycles. The quantitative estimate of drug-likeness (QED) is 0.845. The predicted molar refractivity (Wildman–Crippen MR) is 80.6 cm³/mol. The monoisotopic (exact) mass is 274 g/mol. The third kappa shape index (κ3) is 2.96. The molecular formula is C15H18N2OS. The molecule has 1 aromatic carbocycles. The van der Waals surface area contributed by atoms with Crippen molar-refractivity contribution in [2.75, 3.05) is 5.73 Å². The number of hydrogen-bond donors (Lipinski definition) is 2. The van der Waals surface area contributed by atoms with Gasteiger partial charge in [-0.25, -0.2) is 0 Å². The minimum Gasteiger partial charge on any atom is -0.398 e. The van der Waals surface area contributed by atoms with Gasteiger partial charge in [0.15, 0.2) is 0 Å². The van der Waals surface area contributed by atoms with Gasteiger partial charge in [-0.3, -0.25) is 4.79 Å². The van der Waals surface area contributed by atoms with Crippen LogP contribution >= 0.6 is 11.3 Å². The molecule has 0 fully saturated rings. The first-order valence-electron chi connectivity index (χ1n) is 6.18. The summed E-state index contributed by atoms with van der Waals surface area (Å²) in [6.07, 6.45) is 0. The van der Waals surface area contributed by atoms with Gasteiger partial charge < -0.3 is 11.1 Å². The van der Waals surface area contributed by atoms with Crippen molar-refractivity contribution in [2.24, 2.45) is 0 Å². The molecule has 1 amide bonds. The van der Waals surface area contributed by atoms with Crippen LogP contribution in [0.5, 0.6) is 0 Å². The van der Waals surface area contributed by atoms with Crippen LogP contribution in [0.3, 0.4) is 0 Å². The van der Waals surface area contributed by atoms with Crippen molar-refractivity contribution in [3.8, 4) is 0 Å². The van der Waals surface area contributed by atoms with Crippen LogP contribution in [-0.4, -0.2) is 5.91 Å². The van der Waals surface area contributed by atoms with Crippen LogP contribution < -0.4 is 11.1 Å². The summed E-state index contributed by atoms with van der Waals surface area (Å²) >= 11 is 1.72. The second kappa shape index (κ2) is 5.45. The van der Waals surface area contributed by atoms with E-state index in [1.807, 2.05) is 6.92 Å². The predicted octanol–water partition coefficient (Wildman–Crippen LogP) is 3.19. The van der Waals surface area contributed by atoms with Crippen LogP contribution in [0.25, 0.3) is 0 Å². The summed E-state index contributed by atoms with van der Waals surface area (Å²) in [7, 11) is 0. The number of amides is 1. The van der Waals surface area contributed by atoms with Crippen molar-refractivity contribution in [3.63, 3.8) is 0 Å². The van der Waals surface area contributed by atoms with Gasteiger partial charge in [0.05, 0.1) is 6.54 Å². The van der Waals surface area contributed by atoms with Crippen LogP contribution in [0.15, 0.2) is 24.3 Å². The lowest BCUT2D eigenvalue weighted by molar-refractivity contribution is 0.0950. The molecule has 0 unspecified atom stereocenters. The normalized spacial score (nSPS) is 10.5. The maximum absolute atomic E-state index is 12.1. The Hall–Kier alpha value is -1.81. The Morgan fingerprint density at radius 1 is 1.32 bits per heavy atom. The van der Waals surface area contributed by atoms with Crippen molar-refractivity contribution in [2.45, 2.75) is 27.3 Å². The third-order valence-corrected chi connectivity index (χ3v) is 4.41. The van der Waals surface area contributed by atoms with Crippen molar-refractivity contribution in [1.82, 2.24) is 5.32 Å². The molecule has 2 rings (SSSR count). The first-order valence-corrected chi connectivity index (χ1v) is 7.00. The SMILES string of the molecule is Cc1cc(CNC(=O)c2cccc(N)c2C)sc1C. The molecule has 0 radical (unpaired) electrons. The highest BCUT2D eigenvalue weighted by atomic mass is 32.1. The largest absolute Gasteiger partial charge is 0.398 e. The zero-order chi connectivity index (χ0) is 14.0. The van der Waals surface area contributed by atoms with Gasteiger partial charge in [0.25, 0.3) is 5.91 Å². The summed E-state index contributed by atoms with van der Waals surface area (Å²) < 4.78 is 0. The second-order valence-electron chi connectivity index (χ2n) is 4.65. The van der Waals surface area contributed by atoms with Crippen molar-refractivity contribution < 1.29 is 4.79 Å². The van der Waals surface area contributed by atoms with Crippen LogP contribution in [0.1, 0.15) is 31.2 Å². The Morgan fingerprint density at radius 2 is 2.05 bits per heavy atom. The fourth-order valence-corrected chi connectivity index (χ4v) is 2.89. The second-order valence-corrected chi connectivity index (χ2v) is 6.00. The van der Waals surface area contributed by atoms with Crippen LogP contribution in [0.2, 0.25) is 0 Å². The van der Waals surface area contributed by atoms with Crippen molar-refractivity contribution in [1.29, 1.82) is 0 Å². The molecular weight excluding hydrogens is 256 g/mol. The van der Waals surface area contributed by atoms with Crippen molar-refractivity contribution >= 4 is 22.9 Å². The number of anilines is 1. The van der Waals surface area contributed by atoms with E-state index >= 15 is 0 Å². The lowest BCUT2D eigenvalue weighted by Crippen LogP contribution is -2.23. The summed E-state index contributed by atoms with van der Waals surface area (Å²) in [6, 6.07) is 7.52. The maximum atomic E-state index is 12.1. The highest BCUT2D eigenvalue weighted by molar-refractivity contribution is 7.12. The summed E-state index contributed by atoms with van der Waals surface area (Å²) in [5.41, 5.74) is 9.21. The highest BCUT2D eigenvalue weighted by Gasteiger charge is 2.10. The van der Waals surface area contributed by atoms with Gasteiger partial charge in [-0.1, -0.05) is 6.07 Å². The topological polar surface area (TPSA) is 55.1 Å². The zero-order valence-corrected chi connectivity index (χ0v) is 12.2. The molecule has 0 aliphatic heterocycles. The van der Waals surface area contributed by atoms with Gasteiger partial charge in [0.1, 0.15) is 0 Å². The van der Waals surface area contributed by atoms with Gasteiger partial charge >= 0.3 is 0 Å². The molecule has 0 bridgehead atoms. The van der Waals surface area contributed by atoms with Crippen LogP contribution in [-0.2, 0) is 6.54 Å². The fraction of sp³-hybridized carbons (Fsp3) is 0.267. The number of nitrogen functional groups attached to an aromatic ring is 1. The lowest BCUT2D eigenvalue weighted by atomic mass is 10.1. The molecule has 3 N–H and O–H groups in total. The number of aryl methyl sites for hydroxylation is 2. The third-order valence-electron chi connectivity index (χ3n) is 3.26. The number of carbonyl (C=O) groups excluding carboxylic acids is 1. The van der Waals surface area contributed by atoms with Crippen LogP contribution in [0, 0.1) is 20.8 Å². The fourth-order valence-electron chi connectivity index (χ4n) is 1.90. The lowest BCUT2D eigenvalue weighted by Gasteiger charge is -2.08. The molecule has 19 heavy (non-hydrogen) atoms. The Balaban J connectivity index is 2.07. The van der Waals surface area contributed by atoms with E-state index in [1.165, 1.54) is 15.3 Å². The maximum Gasteiger partial charge on any atom is 0.251 e. The van der Waals surface area contributed by atoms with E-state index < -0.39 is 0 Å². The Labute approximate surface area is 117 Å². The van der Waals surface area contributed by atoms with Crippen molar-refractivity contribution in [3.05, 3.63) is 50.7 Å². The minimum absolute atomic E-state index is 0.0755. The summed E-state index contributed by atoms with van der Waals surface area (Å²) in [5, 5.41) is 2.94. The first-order chi connectivity index (χ1) is 8.99. The number of hydrogen-bond acceptors (Lipinski definition) is 3. The van der Waals surface area contributed by atoms with E-state index in [-0.39, 0.29) is 5.91 Å². The summed E-state index contributed by atoms with van der Waals surface area (Å²) in [5.74, 6) is -0.0755. The number of carbonyl (C=O) groups is 1. The molecule has 0 aliphatic carbocycles. The van der Waals surface area contributed by atoms with E-state index in [1.54, 1.807) is 29.5 Å². The molecule has 2 aromatic rings. The number of nitrogens with one attached hydrogen (secondary N) is 1. The number of benzene rings is 1. The van der Waals surface area contributed by atoms with Crippen LogP contribution in [0.4, 0.5) is 5.69 Å². The van der Waals surface area contributed by atoms with E-state index in [4.69, 9.17) is 5.73 Å². The Bertz CT molecular complexity index is 597. The molecule has 0 aliphatic rings. The van der Waals surface area contributed by atoms with E-state index in [0.29, 0.717) is 17.8 Å². The molecule has 1 heterocycles. The van der Waals surface area contributed by atoms with E-state index in [0.717, 1.165) is 5.56 Å². The van der Waals surface area contributed by atoms with Gasteiger partial charge in [0.2, 0.25) is 0 Å². The molecule has 4 heteroatoms. The Kier molecular flexibility index (Phi) is 3.90. The molecule has 0 atom stereocenters. The zero-order valence-electron chi connectivity index (χ0n) is 11.4. The summed E-state index contributed by atoms with van der Waals surface area (Å²) in [4.78, 5) is 14.6. The standard InChI is InChI=1S/C15H18N2OS/c1-9-7-12(19-11(9)3)8-17-15(18)13-5-4-6-14(16)10(13)2/h4-7H,8,16H2,1-3H3,(H,17,18). The number of thiophene rings is 1. The van der Waals surface area contributed by atoms with Gasteiger partial charge in [-0.15, -0.1) is 11.3 Å². The molecule has 0 spiro atoms. The molecule has 1 aromatic heterocycles. The number of rotatable bonds is 3. The van der Waals surface area contributed by atoms with Gasteiger partial charge in [-0.05, 0) is 50.1 Å². The summed E-state index contributed by atoms with van der Waals surface area (Å²) in [6.45, 7) is 6.60. The highest BCUT2D eigenvalue weighted by Crippen LogP contribution is 2.21. The first kappa shape index (κ1) is 13.6. The minimum atomic E-state index is -0.0755. The molecule has 100 valence electrons. The van der Waals surface area contributed by atoms with E-state index in [2.05, 4.69) is 25.2 Å².